The number of carbonyl (C=O) groups excluding carboxylic acids is 1. The Morgan fingerprint density at radius 3 is 2.59 bits per heavy atom. The number of carbonyl (C=O) groups is 2. The Kier molecular flexibility index (Phi) is 6.66. The van der Waals surface area contributed by atoms with E-state index < -0.39 is 23.2 Å². The Bertz CT molecular complexity index is 1460. The minimum atomic E-state index is -1.17. The number of hydrogen-bond donors (Lipinski definition) is 3. The molecule has 1 amide bonds. The first kappa shape index (κ1) is 26.3. The van der Waals surface area contributed by atoms with E-state index in [1.165, 1.54) is 6.07 Å². The van der Waals surface area contributed by atoms with Crippen LogP contribution in [-0.2, 0) is 16.9 Å². The molecule has 39 heavy (non-hydrogen) atoms. The van der Waals surface area contributed by atoms with Gasteiger partial charge in [-0.25, -0.2) is 9.18 Å². The minimum absolute atomic E-state index is 0.00805. The van der Waals surface area contributed by atoms with E-state index >= 15 is 4.39 Å². The van der Waals surface area contributed by atoms with Crippen molar-refractivity contribution in [1.29, 1.82) is 0 Å². The molecule has 4 atom stereocenters. The molecule has 202 valence electrons. The van der Waals surface area contributed by atoms with Gasteiger partial charge in [-0.2, -0.15) is 0 Å². The van der Waals surface area contributed by atoms with Crippen molar-refractivity contribution in [3.8, 4) is 0 Å². The summed E-state index contributed by atoms with van der Waals surface area (Å²) in [4.78, 5) is 27.7. The molecule has 2 heterocycles. The van der Waals surface area contributed by atoms with Crippen LogP contribution < -0.4 is 10.6 Å². The van der Waals surface area contributed by atoms with Gasteiger partial charge in [0, 0.05) is 47.4 Å². The van der Waals surface area contributed by atoms with Gasteiger partial charge in [0.15, 0.2) is 0 Å². The van der Waals surface area contributed by atoms with Crippen LogP contribution in [0.4, 0.5) is 10.1 Å². The second-order valence-electron chi connectivity index (χ2n) is 10.8. The summed E-state index contributed by atoms with van der Waals surface area (Å²) >= 11 is 12.6. The van der Waals surface area contributed by atoms with E-state index in [0.29, 0.717) is 35.3 Å². The SMILES string of the molecule is C[C@H]1[C@@H](NCc2ccc(C(=O)O)cc2)[C@H](c2cccc(Cl)c2F)[C@]2(C(=O)Nc3cc(Cl)ccc32)N1CC1CC1. The van der Waals surface area contributed by atoms with Gasteiger partial charge in [-0.3, -0.25) is 9.69 Å². The molecule has 0 unspecified atom stereocenters. The summed E-state index contributed by atoms with van der Waals surface area (Å²) in [7, 11) is 0. The maximum atomic E-state index is 15.9. The van der Waals surface area contributed by atoms with E-state index in [1.807, 2.05) is 6.07 Å². The van der Waals surface area contributed by atoms with Gasteiger partial charge in [0.1, 0.15) is 11.4 Å². The maximum Gasteiger partial charge on any atom is 0.335 e. The lowest BCUT2D eigenvalue weighted by Crippen LogP contribution is -2.52. The number of nitrogens with zero attached hydrogens (tertiary/aromatic N) is 1. The van der Waals surface area contributed by atoms with Gasteiger partial charge >= 0.3 is 5.97 Å². The lowest BCUT2D eigenvalue weighted by molar-refractivity contribution is -0.127. The quantitative estimate of drug-likeness (QED) is 0.324. The number of rotatable bonds is 7. The first-order valence-electron chi connectivity index (χ1n) is 13.1. The van der Waals surface area contributed by atoms with Gasteiger partial charge in [0.05, 0.1) is 10.6 Å². The van der Waals surface area contributed by atoms with Crippen LogP contribution in [0.1, 0.15) is 52.7 Å². The van der Waals surface area contributed by atoms with Gasteiger partial charge in [0.25, 0.3) is 0 Å². The van der Waals surface area contributed by atoms with Gasteiger partial charge < -0.3 is 15.7 Å². The molecule has 0 radical (unpaired) electrons. The number of carboxylic acid groups (broad SMARTS) is 1. The van der Waals surface area contributed by atoms with Crippen molar-refractivity contribution in [2.45, 2.75) is 49.9 Å². The number of nitrogens with one attached hydrogen (secondary N) is 2. The van der Waals surface area contributed by atoms with Crippen LogP contribution in [0.3, 0.4) is 0 Å². The van der Waals surface area contributed by atoms with Crippen LogP contribution in [0.5, 0.6) is 0 Å². The van der Waals surface area contributed by atoms with E-state index in [2.05, 4.69) is 22.5 Å². The highest BCUT2D eigenvalue weighted by atomic mass is 35.5. The highest BCUT2D eigenvalue weighted by molar-refractivity contribution is 6.31. The predicted molar refractivity (Wildman–Crippen MR) is 149 cm³/mol. The van der Waals surface area contributed by atoms with Crippen LogP contribution in [0.15, 0.2) is 60.7 Å². The van der Waals surface area contributed by atoms with Crippen molar-refractivity contribution in [1.82, 2.24) is 10.2 Å². The third kappa shape index (κ3) is 4.32. The average Bonchev–Trinajstić information content (AvgIpc) is 3.64. The van der Waals surface area contributed by atoms with Crippen LogP contribution >= 0.6 is 23.2 Å². The molecule has 6 nitrogen and oxygen atoms in total. The molecular weight excluding hydrogens is 540 g/mol. The van der Waals surface area contributed by atoms with E-state index in [-0.39, 0.29) is 28.6 Å². The Balaban J connectivity index is 1.49. The molecule has 1 saturated heterocycles. The smallest absolute Gasteiger partial charge is 0.335 e. The molecule has 0 aromatic heterocycles. The first-order valence-corrected chi connectivity index (χ1v) is 13.8. The Morgan fingerprint density at radius 2 is 1.90 bits per heavy atom. The predicted octanol–water partition coefficient (Wildman–Crippen LogP) is 6.03. The molecule has 3 aliphatic rings. The molecule has 3 aromatic rings. The third-order valence-electron chi connectivity index (χ3n) is 8.47. The third-order valence-corrected chi connectivity index (χ3v) is 9.00. The number of benzene rings is 3. The van der Waals surface area contributed by atoms with Crippen LogP contribution in [0.2, 0.25) is 10.0 Å². The number of aromatic carboxylic acids is 1. The molecule has 2 aliphatic heterocycles. The number of halogens is 3. The summed E-state index contributed by atoms with van der Waals surface area (Å²) in [6.07, 6.45) is 2.19. The standard InChI is InChI=1S/C30H28Cl2FN3O3/c1-16-27(34-14-17-7-9-19(10-8-17)28(37)38)25(21-3-2-4-23(32)26(21)33)30(36(16)15-18-5-6-18)22-12-11-20(31)13-24(22)35-29(30)39/h2-4,7-13,16,18,25,27,34H,5-6,14-15H2,1H3,(H,35,39)(H,37,38)/t16-,25-,27+,30+/m0/s1. The summed E-state index contributed by atoms with van der Waals surface area (Å²) in [5, 5.41) is 16.5. The summed E-state index contributed by atoms with van der Waals surface area (Å²) in [5.74, 6) is -1.85. The highest BCUT2D eigenvalue weighted by Gasteiger charge is 2.66. The Hall–Kier alpha value is -2.97. The summed E-state index contributed by atoms with van der Waals surface area (Å²) in [6, 6.07) is 16.6. The average molecular weight is 568 g/mol. The summed E-state index contributed by atoms with van der Waals surface area (Å²) in [5.41, 5.74) is 1.72. The molecule has 2 fully saturated rings. The van der Waals surface area contributed by atoms with Crippen molar-refractivity contribution in [3.63, 3.8) is 0 Å². The molecule has 6 rings (SSSR count). The second-order valence-corrected chi connectivity index (χ2v) is 11.6. The zero-order chi connectivity index (χ0) is 27.5. The van der Waals surface area contributed by atoms with Crippen molar-refractivity contribution in [3.05, 3.63) is 98.8 Å². The summed E-state index contributed by atoms with van der Waals surface area (Å²) in [6.45, 7) is 3.20. The van der Waals surface area contributed by atoms with Gasteiger partial charge in [0.2, 0.25) is 5.91 Å². The van der Waals surface area contributed by atoms with Crippen molar-refractivity contribution in [2.24, 2.45) is 5.92 Å². The number of likely N-dealkylation sites (tertiary alicyclic amines) is 1. The molecular formula is C30H28Cl2FN3O3. The highest BCUT2D eigenvalue weighted by Crippen LogP contribution is 2.58. The molecule has 3 N–H and O–H groups in total. The lowest BCUT2D eigenvalue weighted by atomic mass is 9.73. The number of amides is 1. The fourth-order valence-corrected chi connectivity index (χ4v) is 6.83. The van der Waals surface area contributed by atoms with E-state index in [1.54, 1.807) is 48.5 Å². The zero-order valence-electron chi connectivity index (χ0n) is 21.3. The van der Waals surface area contributed by atoms with Crippen LogP contribution in [0, 0.1) is 11.7 Å². The molecule has 1 aliphatic carbocycles. The first-order chi connectivity index (χ1) is 18.7. The number of fused-ring (bicyclic) bond motifs is 2. The van der Waals surface area contributed by atoms with Gasteiger partial charge in [-0.15, -0.1) is 0 Å². The largest absolute Gasteiger partial charge is 0.478 e. The Morgan fingerprint density at radius 1 is 1.15 bits per heavy atom. The lowest BCUT2D eigenvalue weighted by Gasteiger charge is -2.39. The zero-order valence-corrected chi connectivity index (χ0v) is 22.8. The second kappa shape index (κ2) is 9.89. The van der Waals surface area contributed by atoms with Gasteiger partial charge in [-0.05, 0) is 67.1 Å². The van der Waals surface area contributed by atoms with E-state index in [9.17, 15) is 14.7 Å². The fourth-order valence-electron chi connectivity index (χ4n) is 6.48. The van der Waals surface area contributed by atoms with E-state index in [4.69, 9.17) is 23.2 Å². The van der Waals surface area contributed by atoms with Crippen molar-refractivity contribution in [2.75, 3.05) is 11.9 Å². The monoisotopic (exact) mass is 567 g/mol. The topological polar surface area (TPSA) is 81.7 Å². The number of hydrogen-bond acceptors (Lipinski definition) is 4. The van der Waals surface area contributed by atoms with E-state index in [0.717, 1.165) is 24.0 Å². The maximum absolute atomic E-state index is 15.9. The molecule has 3 aromatic carbocycles. The molecule has 1 spiro atoms. The molecule has 1 saturated carbocycles. The van der Waals surface area contributed by atoms with Crippen molar-refractivity contribution >= 4 is 40.8 Å². The number of carboxylic acids is 1. The summed E-state index contributed by atoms with van der Waals surface area (Å²) < 4.78 is 15.9. The van der Waals surface area contributed by atoms with Crippen molar-refractivity contribution < 1.29 is 19.1 Å². The van der Waals surface area contributed by atoms with Gasteiger partial charge in [-0.1, -0.05) is 53.5 Å². The minimum Gasteiger partial charge on any atom is -0.478 e. The number of anilines is 1. The fraction of sp³-hybridized carbons (Fsp3) is 0.333. The molecule has 9 heteroatoms. The van der Waals surface area contributed by atoms with Crippen LogP contribution in [0.25, 0.3) is 0 Å². The Labute approximate surface area is 236 Å². The molecule has 0 bridgehead atoms. The van der Waals surface area contributed by atoms with Crippen LogP contribution in [-0.4, -0.2) is 40.5 Å². The normalized spacial score (nSPS) is 26.2.